The van der Waals surface area contributed by atoms with Gasteiger partial charge in [-0.05, 0) is 127 Å². The fourth-order valence-electron chi connectivity index (χ4n) is 14.4. The molecule has 412 valence electrons. The summed E-state index contributed by atoms with van der Waals surface area (Å²) in [6.45, 7) is 0. The van der Waals surface area contributed by atoms with Crippen LogP contribution in [0.5, 0.6) is 0 Å². The molecular formula is C78H58N6O2. The Kier molecular flexibility index (Phi) is 11.8. The van der Waals surface area contributed by atoms with Gasteiger partial charge in [-0.3, -0.25) is 4.40 Å². The molecule has 1 saturated carbocycles. The first kappa shape index (κ1) is 49.6. The van der Waals surface area contributed by atoms with Gasteiger partial charge in [0.05, 0.1) is 61.0 Å². The van der Waals surface area contributed by atoms with E-state index in [1.807, 2.05) is 0 Å². The second kappa shape index (κ2) is 20.4. The predicted octanol–water partition coefficient (Wildman–Crippen LogP) is 21.2. The van der Waals surface area contributed by atoms with Crippen molar-refractivity contribution in [2.75, 3.05) is 9.80 Å². The van der Waals surface area contributed by atoms with Crippen LogP contribution in [0.25, 0.3) is 83.2 Å². The smallest absolute Gasteiger partial charge is 0.157 e. The molecule has 12 aromatic carbocycles. The number of rotatable bonds is 10. The minimum Gasteiger partial charge on any atom is -0.453 e. The Bertz CT molecular complexity index is 5090. The van der Waals surface area contributed by atoms with E-state index >= 15 is 0 Å². The van der Waals surface area contributed by atoms with Gasteiger partial charge in [-0.25, -0.2) is 0 Å². The monoisotopic (exact) mass is 1110 g/mol. The van der Waals surface area contributed by atoms with E-state index in [-0.39, 0.29) is 17.9 Å². The Balaban J connectivity index is 1.09. The molecule has 1 aliphatic carbocycles. The molecule has 0 spiro atoms. The number of fused-ring (bicyclic) bond motifs is 8. The molecule has 1 aliphatic rings. The first-order chi connectivity index (χ1) is 42.7. The molecule has 0 amide bonds. The third kappa shape index (κ3) is 8.05. The third-order valence-electron chi connectivity index (χ3n) is 17.9. The first-order valence-corrected chi connectivity index (χ1v) is 29.9. The lowest BCUT2D eigenvalue weighted by Gasteiger charge is -2.42. The zero-order valence-corrected chi connectivity index (χ0v) is 47.1. The van der Waals surface area contributed by atoms with Crippen molar-refractivity contribution in [2.45, 2.75) is 37.1 Å². The van der Waals surface area contributed by atoms with E-state index in [9.17, 15) is 0 Å². The molecule has 0 saturated heterocycles. The maximum atomic E-state index is 7.63. The second-order valence-corrected chi connectivity index (χ2v) is 22.8. The third-order valence-corrected chi connectivity index (χ3v) is 17.9. The number of hydrogen-bond acceptors (Lipinski definition) is 4. The SMILES string of the molecule is c1ccc(C2CCCC(c3ccccc3)C2n2c3cc4oc5cc(N(c6ccccc6)c6ccccc6)cc6oc7ccccc7n(c4cc3n3c4ccccc4n(-c4ccccc4)c4cc(N(c7ccccc7)c7ccccc7)cc2c43)c65)cc1. The quantitative estimate of drug-likeness (QED) is 0.101. The summed E-state index contributed by atoms with van der Waals surface area (Å²) in [5, 5.41) is 0. The zero-order valence-electron chi connectivity index (χ0n) is 47.1. The number of nitrogens with zero attached hydrogens (tertiary/aromatic N) is 6. The maximum Gasteiger partial charge on any atom is 0.157 e. The molecule has 17 rings (SSSR count). The van der Waals surface area contributed by atoms with Crippen molar-refractivity contribution in [2.24, 2.45) is 0 Å². The summed E-state index contributed by atoms with van der Waals surface area (Å²) >= 11 is 0. The van der Waals surface area contributed by atoms with Gasteiger partial charge in [0.2, 0.25) is 0 Å². The van der Waals surface area contributed by atoms with Gasteiger partial charge in [-0.2, -0.15) is 0 Å². The molecule has 4 aromatic heterocycles. The zero-order chi connectivity index (χ0) is 56.7. The minimum atomic E-state index is -0.0559. The topological polar surface area (TPSA) is 51.4 Å². The van der Waals surface area contributed by atoms with Crippen LogP contribution in [0, 0.1) is 0 Å². The van der Waals surface area contributed by atoms with E-state index in [1.165, 1.54) is 11.1 Å². The number of anilines is 6. The van der Waals surface area contributed by atoms with Crippen molar-refractivity contribution in [1.82, 2.24) is 17.9 Å². The minimum absolute atomic E-state index is 0.0559. The molecule has 2 unspecified atom stereocenters. The van der Waals surface area contributed by atoms with Gasteiger partial charge in [0.25, 0.3) is 0 Å². The molecule has 1 fully saturated rings. The molecule has 86 heavy (non-hydrogen) atoms. The number of hydrogen-bond donors (Lipinski definition) is 0. The molecule has 8 heteroatoms. The maximum absolute atomic E-state index is 7.63. The Morgan fingerprint density at radius 1 is 0.291 bits per heavy atom. The number of para-hydroxylation sites is 9. The molecule has 0 bridgehead atoms. The largest absolute Gasteiger partial charge is 0.453 e. The van der Waals surface area contributed by atoms with Crippen LogP contribution in [0.2, 0.25) is 0 Å². The molecule has 8 nitrogen and oxygen atoms in total. The van der Waals surface area contributed by atoms with Crippen LogP contribution in [0.15, 0.2) is 306 Å². The fourth-order valence-corrected chi connectivity index (χ4v) is 14.4. The first-order valence-electron chi connectivity index (χ1n) is 29.9. The lowest BCUT2D eigenvalue weighted by molar-refractivity contribution is 0.274. The Labute approximate surface area is 496 Å². The van der Waals surface area contributed by atoms with Crippen LogP contribution in [0.1, 0.15) is 48.3 Å². The van der Waals surface area contributed by atoms with Crippen molar-refractivity contribution in [1.29, 1.82) is 0 Å². The number of aromatic nitrogens is 4. The van der Waals surface area contributed by atoms with Crippen molar-refractivity contribution in [3.05, 3.63) is 308 Å². The highest BCUT2D eigenvalue weighted by atomic mass is 16.3. The van der Waals surface area contributed by atoms with Crippen LogP contribution < -0.4 is 9.80 Å². The Hall–Kier alpha value is -11.0. The fraction of sp³-hybridized carbons (Fsp3) is 0.0769. The van der Waals surface area contributed by atoms with Crippen LogP contribution >= 0.6 is 0 Å². The lowest BCUT2D eigenvalue weighted by atomic mass is 9.71. The molecule has 0 N–H and O–H groups in total. The van der Waals surface area contributed by atoms with Crippen LogP contribution in [-0.4, -0.2) is 17.9 Å². The van der Waals surface area contributed by atoms with E-state index in [0.29, 0.717) is 11.2 Å². The van der Waals surface area contributed by atoms with Gasteiger partial charge >= 0.3 is 0 Å². The molecule has 0 aliphatic heterocycles. The molecule has 4 heterocycles. The highest BCUT2D eigenvalue weighted by Crippen LogP contribution is 2.53. The van der Waals surface area contributed by atoms with Crippen molar-refractivity contribution < 1.29 is 8.83 Å². The van der Waals surface area contributed by atoms with Gasteiger partial charge < -0.3 is 32.2 Å². The summed E-state index contributed by atoms with van der Waals surface area (Å²) in [6.07, 6.45) is 3.15. The second-order valence-electron chi connectivity index (χ2n) is 22.8. The summed E-state index contributed by atoms with van der Waals surface area (Å²) < 4.78 is 24.9. The lowest BCUT2D eigenvalue weighted by Crippen LogP contribution is -2.30. The summed E-state index contributed by atoms with van der Waals surface area (Å²) in [4.78, 5) is 4.71. The molecule has 16 aromatic rings. The summed E-state index contributed by atoms with van der Waals surface area (Å²) in [5.41, 5.74) is 23.2. The van der Waals surface area contributed by atoms with Crippen LogP contribution in [0.4, 0.5) is 34.1 Å². The van der Waals surface area contributed by atoms with Gasteiger partial charge in [-0.1, -0.05) is 182 Å². The molecule has 2 atom stereocenters. The van der Waals surface area contributed by atoms with Crippen molar-refractivity contribution >= 4 is 112 Å². The standard InChI is InChI=1S/C78H58N6O2/c1-8-27-53(28-9-1)62-41-26-42-63(54-29-10-2-11-30-54)76(62)84-68-52-73-69(83-66-45-24-25-46-72(66)85-74-49-61(50-75(86-73)78(74)83)80(57-35-16-5-17-36-57)58-37-18-6-19-38-58)51-67(68)82-65-44-23-22-43-64(65)81(59-39-20-7-21-40-59)70-47-60(48-71(84)77(70)82)79(55-31-12-3-13-32-55)56-33-14-4-15-34-56/h1-25,27-40,43-52,62-63,76H,26,41-42H2. The van der Waals surface area contributed by atoms with E-state index in [0.717, 1.165) is 125 Å². The van der Waals surface area contributed by atoms with Gasteiger partial charge in [0.1, 0.15) is 5.52 Å². The van der Waals surface area contributed by atoms with E-state index in [1.54, 1.807) is 0 Å². The van der Waals surface area contributed by atoms with Crippen molar-refractivity contribution in [3.63, 3.8) is 0 Å². The van der Waals surface area contributed by atoms with E-state index in [4.69, 9.17) is 8.83 Å². The normalized spacial score (nSPS) is 15.4. The Morgan fingerprint density at radius 2 is 0.721 bits per heavy atom. The van der Waals surface area contributed by atoms with Crippen LogP contribution in [0.3, 0.4) is 0 Å². The van der Waals surface area contributed by atoms with Crippen molar-refractivity contribution in [3.8, 4) is 5.69 Å². The molecule has 0 radical (unpaired) electrons. The highest BCUT2D eigenvalue weighted by Gasteiger charge is 2.39. The van der Waals surface area contributed by atoms with Gasteiger partial charge in [0, 0.05) is 64.5 Å². The summed E-state index contributed by atoms with van der Waals surface area (Å²) in [7, 11) is 0. The van der Waals surface area contributed by atoms with Gasteiger partial charge in [-0.15, -0.1) is 0 Å². The summed E-state index contributed by atoms with van der Waals surface area (Å²) in [5.74, 6) is 0.287. The van der Waals surface area contributed by atoms with E-state index in [2.05, 4.69) is 325 Å². The Morgan fingerprint density at radius 3 is 1.27 bits per heavy atom. The number of benzene rings is 12. The van der Waals surface area contributed by atoms with Gasteiger partial charge in [0.15, 0.2) is 22.3 Å². The summed E-state index contributed by atoms with van der Waals surface area (Å²) in [6, 6.07) is 108. The molecular weight excluding hydrogens is 1050 g/mol. The average molecular weight is 1110 g/mol. The van der Waals surface area contributed by atoms with E-state index < -0.39 is 0 Å². The highest BCUT2D eigenvalue weighted by molar-refractivity contribution is 6.10. The average Bonchev–Trinajstić information content (AvgIpc) is 0.912. The van der Waals surface area contributed by atoms with Crippen LogP contribution in [-0.2, 0) is 0 Å². The predicted molar refractivity (Wildman–Crippen MR) is 353 cm³/mol.